The van der Waals surface area contributed by atoms with E-state index in [-0.39, 0.29) is 12.6 Å². The van der Waals surface area contributed by atoms with E-state index in [1.807, 2.05) is 0 Å². The highest BCUT2D eigenvalue weighted by Crippen LogP contribution is 2.20. The first-order chi connectivity index (χ1) is 8.83. The van der Waals surface area contributed by atoms with Gasteiger partial charge in [0.2, 0.25) is 0 Å². The van der Waals surface area contributed by atoms with Gasteiger partial charge in [0.05, 0.1) is 6.61 Å². The molecule has 0 radical (unpaired) electrons. The first-order valence-corrected chi connectivity index (χ1v) is 7.01. The Bertz CT molecular complexity index is 340. The summed E-state index contributed by atoms with van der Waals surface area (Å²) in [7, 11) is 0. The summed E-state index contributed by atoms with van der Waals surface area (Å²) in [5.74, 6) is 0. The monoisotopic (exact) mass is 248 g/mol. The van der Waals surface area contributed by atoms with Gasteiger partial charge in [-0.2, -0.15) is 0 Å². The van der Waals surface area contributed by atoms with E-state index in [1.54, 1.807) is 0 Å². The number of nitrogens with one attached hydrogen (secondary N) is 1. The molecule has 0 saturated carbocycles. The van der Waals surface area contributed by atoms with Crippen LogP contribution in [-0.4, -0.2) is 30.8 Å². The molecule has 100 valence electrons. The van der Waals surface area contributed by atoms with E-state index in [1.165, 1.54) is 37.2 Å². The third-order valence-electron chi connectivity index (χ3n) is 3.72. The molecule has 0 aliphatic carbocycles. The Balaban J connectivity index is 1.87. The van der Waals surface area contributed by atoms with Crippen LogP contribution >= 0.6 is 0 Å². The number of aliphatic hydroxyl groups is 1. The number of hydrogen-bond acceptors (Lipinski definition) is 3. The minimum atomic E-state index is 0.211. The standard InChI is InChI=1S/C15H24N2O/c1-2-14(12-18)16-11-13-5-7-15(8-6-13)17-9-3-4-10-17/h5-8,14,16,18H,2-4,9-12H2,1H3/t14-/m1/s1. The summed E-state index contributed by atoms with van der Waals surface area (Å²) in [5.41, 5.74) is 2.62. The summed E-state index contributed by atoms with van der Waals surface area (Å²) < 4.78 is 0. The lowest BCUT2D eigenvalue weighted by molar-refractivity contribution is 0.238. The van der Waals surface area contributed by atoms with Gasteiger partial charge in [0.1, 0.15) is 0 Å². The Hall–Kier alpha value is -1.06. The van der Waals surface area contributed by atoms with Crippen LogP contribution in [0.4, 0.5) is 5.69 Å². The summed E-state index contributed by atoms with van der Waals surface area (Å²) in [6.45, 7) is 5.52. The van der Waals surface area contributed by atoms with Gasteiger partial charge in [0.15, 0.2) is 0 Å². The van der Waals surface area contributed by atoms with E-state index in [0.717, 1.165) is 13.0 Å². The predicted octanol–water partition coefficient (Wildman–Crippen LogP) is 2.15. The van der Waals surface area contributed by atoms with E-state index < -0.39 is 0 Å². The minimum absolute atomic E-state index is 0.211. The normalized spacial score (nSPS) is 17.1. The fourth-order valence-electron chi connectivity index (χ4n) is 2.40. The zero-order valence-electron chi connectivity index (χ0n) is 11.2. The molecule has 18 heavy (non-hydrogen) atoms. The van der Waals surface area contributed by atoms with E-state index in [2.05, 4.69) is 41.4 Å². The molecule has 2 N–H and O–H groups in total. The second kappa shape index (κ2) is 6.76. The molecule has 1 heterocycles. The first-order valence-electron chi connectivity index (χ1n) is 7.01. The van der Waals surface area contributed by atoms with Gasteiger partial charge in [-0.25, -0.2) is 0 Å². The highest BCUT2D eigenvalue weighted by molar-refractivity contribution is 5.48. The van der Waals surface area contributed by atoms with Crippen molar-refractivity contribution in [1.29, 1.82) is 0 Å². The Morgan fingerprint density at radius 3 is 2.44 bits per heavy atom. The molecule has 1 aromatic rings. The highest BCUT2D eigenvalue weighted by atomic mass is 16.3. The number of nitrogens with zero attached hydrogens (tertiary/aromatic N) is 1. The van der Waals surface area contributed by atoms with Gasteiger partial charge in [0, 0.05) is 31.4 Å². The molecule has 1 atom stereocenters. The smallest absolute Gasteiger partial charge is 0.0584 e. The maximum atomic E-state index is 9.12. The molecule has 0 bridgehead atoms. The van der Waals surface area contributed by atoms with Crippen molar-refractivity contribution in [2.24, 2.45) is 0 Å². The van der Waals surface area contributed by atoms with Crippen LogP contribution in [0.3, 0.4) is 0 Å². The van der Waals surface area contributed by atoms with E-state index in [0.29, 0.717) is 0 Å². The SMILES string of the molecule is CC[C@H](CO)NCc1ccc(N2CCCC2)cc1. The van der Waals surface area contributed by atoms with Gasteiger partial charge in [-0.15, -0.1) is 0 Å². The Labute approximate surface area is 110 Å². The number of hydrogen-bond donors (Lipinski definition) is 2. The molecule has 1 aliphatic rings. The third-order valence-corrected chi connectivity index (χ3v) is 3.72. The average Bonchev–Trinajstić information content (AvgIpc) is 2.94. The zero-order chi connectivity index (χ0) is 12.8. The highest BCUT2D eigenvalue weighted by Gasteiger charge is 2.11. The molecular formula is C15H24N2O. The van der Waals surface area contributed by atoms with Gasteiger partial charge >= 0.3 is 0 Å². The summed E-state index contributed by atoms with van der Waals surface area (Å²) in [6.07, 6.45) is 3.60. The largest absolute Gasteiger partial charge is 0.395 e. The lowest BCUT2D eigenvalue weighted by atomic mass is 10.1. The van der Waals surface area contributed by atoms with Crippen molar-refractivity contribution in [3.05, 3.63) is 29.8 Å². The first kappa shape index (κ1) is 13.4. The van der Waals surface area contributed by atoms with Crippen molar-refractivity contribution in [2.45, 2.75) is 38.8 Å². The lowest BCUT2D eigenvalue weighted by Gasteiger charge is -2.18. The zero-order valence-corrected chi connectivity index (χ0v) is 11.2. The Morgan fingerprint density at radius 1 is 1.22 bits per heavy atom. The van der Waals surface area contributed by atoms with Crippen LogP contribution in [-0.2, 0) is 6.54 Å². The van der Waals surface area contributed by atoms with Crippen molar-refractivity contribution in [1.82, 2.24) is 5.32 Å². The van der Waals surface area contributed by atoms with Gasteiger partial charge in [0.25, 0.3) is 0 Å². The van der Waals surface area contributed by atoms with Gasteiger partial charge in [-0.05, 0) is 37.0 Å². The van der Waals surface area contributed by atoms with Crippen LogP contribution in [0.1, 0.15) is 31.7 Å². The van der Waals surface area contributed by atoms with Crippen molar-refractivity contribution >= 4 is 5.69 Å². The molecule has 1 fully saturated rings. The summed E-state index contributed by atoms with van der Waals surface area (Å²) >= 11 is 0. The number of benzene rings is 1. The van der Waals surface area contributed by atoms with Gasteiger partial charge in [-0.3, -0.25) is 0 Å². The summed E-state index contributed by atoms with van der Waals surface area (Å²) in [4.78, 5) is 2.44. The van der Waals surface area contributed by atoms with E-state index in [9.17, 15) is 0 Å². The van der Waals surface area contributed by atoms with E-state index in [4.69, 9.17) is 5.11 Å². The fraction of sp³-hybridized carbons (Fsp3) is 0.600. The Kier molecular flexibility index (Phi) is 5.02. The maximum absolute atomic E-state index is 9.12. The Morgan fingerprint density at radius 2 is 1.89 bits per heavy atom. The van der Waals surface area contributed by atoms with Gasteiger partial charge in [-0.1, -0.05) is 19.1 Å². The molecule has 1 aliphatic heterocycles. The van der Waals surface area contributed by atoms with Crippen molar-refractivity contribution in [3.8, 4) is 0 Å². The lowest BCUT2D eigenvalue weighted by Crippen LogP contribution is -2.31. The molecule has 2 rings (SSSR count). The van der Waals surface area contributed by atoms with Crippen LogP contribution in [0.5, 0.6) is 0 Å². The number of anilines is 1. The molecule has 0 amide bonds. The van der Waals surface area contributed by atoms with Crippen LogP contribution < -0.4 is 10.2 Å². The molecule has 3 heteroatoms. The molecule has 0 spiro atoms. The number of aliphatic hydroxyl groups excluding tert-OH is 1. The minimum Gasteiger partial charge on any atom is -0.395 e. The van der Waals surface area contributed by atoms with Crippen molar-refractivity contribution in [3.63, 3.8) is 0 Å². The predicted molar refractivity (Wildman–Crippen MR) is 75.9 cm³/mol. The van der Waals surface area contributed by atoms with Crippen LogP contribution in [0.25, 0.3) is 0 Å². The quantitative estimate of drug-likeness (QED) is 0.809. The van der Waals surface area contributed by atoms with Crippen molar-refractivity contribution < 1.29 is 5.11 Å². The molecule has 1 saturated heterocycles. The van der Waals surface area contributed by atoms with Crippen LogP contribution in [0.2, 0.25) is 0 Å². The molecule has 0 aromatic heterocycles. The maximum Gasteiger partial charge on any atom is 0.0584 e. The number of rotatable bonds is 6. The van der Waals surface area contributed by atoms with Crippen LogP contribution in [0.15, 0.2) is 24.3 Å². The van der Waals surface area contributed by atoms with E-state index >= 15 is 0 Å². The summed E-state index contributed by atoms with van der Waals surface area (Å²) in [6, 6.07) is 9.00. The fourth-order valence-corrected chi connectivity index (χ4v) is 2.40. The molecule has 3 nitrogen and oxygen atoms in total. The average molecular weight is 248 g/mol. The molecule has 0 unspecified atom stereocenters. The van der Waals surface area contributed by atoms with Crippen molar-refractivity contribution in [2.75, 3.05) is 24.6 Å². The topological polar surface area (TPSA) is 35.5 Å². The van der Waals surface area contributed by atoms with Crippen LogP contribution in [0, 0.1) is 0 Å². The molecule has 1 aromatic carbocycles. The second-order valence-electron chi connectivity index (χ2n) is 5.03. The second-order valence-corrected chi connectivity index (χ2v) is 5.03. The third kappa shape index (κ3) is 3.47. The molecular weight excluding hydrogens is 224 g/mol. The van der Waals surface area contributed by atoms with Gasteiger partial charge < -0.3 is 15.3 Å². The summed E-state index contributed by atoms with van der Waals surface area (Å²) in [5, 5.41) is 12.5.